The molecule has 0 bridgehead atoms. The second kappa shape index (κ2) is 5.56. The van der Waals surface area contributed by atoms with E-state index in [4.69, 9.17) is 9.84 Å². The van der Waals surface area contributed by atoms with E-state index in [1.807, 2.05) is 13.8 Å². The van der Waals surface area contributed by atoms with E-state index in [0.717, 1.165) is 0 Å². The summed E-state index contributed by atoms with van der Waals surface area (Å²) >= 11 is 0. The minimum absolute atomic E-state index is 0.232. The van der Waals surface area contributed by atoms with Gasteiger partial charge in [-0.05, 0) is 12.3 Å². The number of hydrogen-bond acceptors (Lipinski definition) is 3. The van der Waals surface area contributed by atoms with Gasteiger partial charge in [-0.2, -0.15) is 0 Å². The van der Waals surface area contributed by atoms with Gasteiger partial charge < -0.3 is 9.84 Å². The van der Waals surface area contributed by atoms with Gasteiger partial charge in [0.2, 0.25) is 0 Å². The molecule has 0 saturated heterocycles. The molecule has 0 aliphatic heterocycles. The van der Waals surface area contributed by atoms with Gasteiger partial charge in [-0.3, -0.25) is 9.59 Å². The topological polar surface area (TPSA) is 63.6 Å². The number of rotatable bonds is 5. The molecule has 0 aromatic carbocycles. The molecule has 0 aromatic rings. The Hall–Kier alpha value is -1.06. The molecule has 4 nitrogen and oxygen atoms in total. The number of carboxylic acid groups (broad SMARTS) is 1. The molecule has 0 aliphatic carbocycles. The number of ether oxygens (including phenoxy) is 1. The Kier molecular flexibility index (Phi) is 5.11. The van der Waals surface area contributed by atoms with Gasteiger partial charge in [0, 0.05) is 0 Å². The monoisotopic (exact) mass is 188 g/mol. The minimum Gasteiger partial charge on any atom is -0.481 e. The third-order valence-corrected chi connectivity index (χ3v) is 1.55. The van der Waals surface area contributed by atoms with Crippen molar-refractivity contribution in [2.75, 3.05) is 6.61 Å². The molecule has 1 unspecified atom stereocenters. The van der Waals surface area contributed by atoms with Crippen LogP contribution in [0.2, 0.25) is 0 Å². The van der Waals surface area contributed by atoms with Crippen LogP contribution in [0.15, 0.2) is 0 Å². The Morgan fingerprint density at radius 3 is 2.23 bits per heavy atom. The van der Waals surface area contributed by atoms with Crippen molar-refractivity contribution in [2.45, 2.75) is 27.2 Å². The summed E-state index contributed by atoms with van der Waals surface area (Å²) in [5.74, 6) is -2.53. The molecule has 4 heteroatoms. The molecule has 13 heavy (non-hydrogen) atoms. The van der Waals surface area contributed by atoms with Crippen LogP contribution in [0.1, 0.15) is 27.2 Å². The maximum Gasteiger partial charge on any atom is 0.320 e. The first-order valence-corrected chi connectivity index (χ1v) is 4.38. The van der Waals surface area contributed by atoms with Crippen LogP contribution in [-0.4, -0.2) is 23.7 Å². The molecular weight excluding hydrogens is 172 g/mol. The number of carbonyl (C=O) groups is 2. The number of hydrogen-bond donors (Lipinski definition) is 1. The summed E-state index contributed by atoms with van der Waals surface area (Å²) in [4.78, 5) is 21.6. The summed E-state index contributed by atoms with van der Waals surface area (Å²) in [6, 6.07) is 0. The maximum atomic E-state index is 11.1. The quantitative estimate of drug-likeness (QED) is 0.521. The first kappa shape index (κ1) is 11.9. The third-order valence-electron chi connectivity index (χ3n) is 1.55. The van der Waals surface area contributed by atoms with Gasteiger partial charge in [0.05, 0.1) is 6.61 Å². The van der Waals surface area contributed by atoms with Crippen LogP contribution in [0.5, 0.6) is 0 Å². The van der Waals surface area contributed by atoms with Gasteiger partial charge in [0.25, 0.3) is 0 Å². The molecular formula is C9H16O4. The van der Waals surface area contributed by atoms with Crippen LogP contribution >= 0.6 is 0 Å². The van der Waals surface area contributed by atoms with E-state index >= 15 is 0 Å². The highest BCUT2D eigenvalue weighted by atomic mass is 16.5. The van der Waals surface area contributed by atoms with Gasteiger partial charge in [-0.1, -0.05) is 20.8 Å². The van der Waals surface area contributed by atoms with E-state index in [0.29, 0.717) is 0 Å². The van der Waals surface area contributed by atoms with E-state index < -0.39 is 17.9 Å². The lowest BCUT2D eigenvalue weighted by Crippen LogP contribution is -2.26. The normalized spacial score (nSPS) is 12.6. The first-order valence-electron chi connectivity index (χ1n) is 4.38. The first-order chi connectivity index (χ1) is 5.99. The van der Waals surface area contributed by atoms with Crippen LogP contribution in [0, 0.1) is 11.8 Å². The average Bonchev–Trinajstić information content (AvgIpc) is 2.01. The Morgan fingerprint density at radius 1 is 1.38 bits per heavy atom. The van der Waals surface area contributed by atoms with Crippen LogP contribution < -0.4 is 0 Å². The smallest absolute Gasteiger partial charge is 0.320 e. The Labute approximate surface area is 77.9 Å². The van der Waals surface area contributed by atoms with Crippen LogP contribution in [-0.2, 0) is 14.3 Å². The highest BCUT2D eigenvalue weighted by Gasteiger charge is 2.25. The van der Waals surface area contributed by atoms with Gasteiger partial charge in [-0.15, -0.1) is 0 Å². The zero-order valence-electron chi connectivity index (χ0n) is 8.24. The summed E-state index contributed by atoms with van der Waals surface area (Å²) in [5, 5.41) is 8.61. The van der Waals surface area contributed by atoms with E-state index in [1.165, 1.54) is 0 Å². The van der Waals surface area contributed by atoms with Gasteiger partial charge in [-0.25, -0.2) is 0 Å². The summed E-state index contributed by atoms with van der Waals surface area (Å²) in [7, 11) is 0. The highest BCUT2D eigenvalue weighted by Crippen LogP contribution is 2.06. The number of carbonyl (C=O) groups excluding carboxylic acids is 1. The minimum atomic E-state index is -1.11. The van der Waals surface area contributed by atoms with Crippen molar-refractivity contribution in [1.82, 2.24) is 0 Å². The summed E-state index contributed by atoms with van der Waals surface area (Å²) in [5.41, 5.74) is 0. The fourth-order valence-corrected chi connectivity index (χ4v) is 0.791. The molecule has 0 amide bonds. The largest absolute Gasteiger partial charge is 0.481 e. The molecule has 0 heterocycles. The zero-order valence-corrected chi connectivity index (χ0v) is 8.24. The Balaban J connectivity index is 4.00. The molecule has 0 aromatic heterocycles. The number of esters is 1. The fourth-order valence-electron chi connectivity index (χ4n) is 0.791. The Morgan fingerprint density at radius 2 is 1.92 bits per heavy atom. The second-order valence-electron chi connectivity index (χ2n) is 3.32. The summed E-state index contributed by atoms with van der Waals surface area (Å²) < 4.78 is 4.80. The van der Waals surface area contributed by atoms with Crippen molar-refractivity contribution < 1.29 is 19.4 Å². The Bertz CT molecular complexity index is 186. The van der Waals surface area contributed by atoms with Crippen molar-refractivity contribution in [3.05, 3.63) is 0 Å². The molecule has 0 spiro atoms. The summed E-state index contributed by atoms with van der Waals surface area (Å²) in [6.45, 7) is 5.72. The predicted octanol–water partition coefficient (Wildman–Crippen LogP) is 1.30. The molecule has 0 radical (unpaired) electrons. The number of carboxylic acids is 1. The van der Waals surface area contributed by atoms with Crippen molar-refractivity contribution in [2.24, 2.45) is 11.8 Å². The van der Waals surface area contributed by atoms with Crippen LogP contribution in [0.3, 0.4) is 0 Å². The molecule has 1 atom stereocenters. The molecule has 76 valence electrons. The third kappa shape index (κ3) is 4.50. The molecule has 0 rings (SSSR count). The molecule has 0 aliphatic rings. The van der Waals surface area contributed by atoms with Gasteiger partial charge in [0.1, 0.15) is 0 Å². The lowest BCUT2D eigenvalue weighted by atomic mass is 10.1. The highest BCUT2D eigenvalue weighted by molar-refractivity contribution is 5.93. The van der Waals surface area contributed by atoms with Crippen LogP contribution in [0.4, 0.5) is 0 Å². The van der Waals surface area contributed by atoms with Crippen molar-refractivity contribution in [3.8, 4) is 0 Å². The van der Waals surface area contributed by atoms with E-state index in [1.54, 1.807) is 6.92 Å². The van der Waals surface area contributed by atoms with E-state index in [2.05, 4.69) is 0 Å². The van der Waals surface area contributed by atoms with E-state index in [9.17, 15) is 9.59 Å². The average molecular weight is 188 g/mol. The lowest BCUT2D eigenvalue weighted by molar-refractivity contribution is -0.159. The zero-order chi connectivity index (χ0) is 10.4. The van der Waals surface area contributed by atoms with Crippen molar-refractivity contribution >= 4 is 11.9 Å². The second-order valence-corrected chi connectivity index (χ2v) is 3.32. The number of aliphatic carboxylic acids is 1. The predicted molar refractivity (Wildman–Crippen MR) is 47.2 cm³/mol. The summed E-state index contributed by atoms with van der Waals surface area (Å²) in [6.07, 6.45) is 0.270. The fraction of sp³-hybridized carbons (Fsp3) is 0.778. The standard InChI is InChI=1S/C9H16O4/c1-4-7(8(10)11)9(12)13-5-6(2)3/h6-7H,4-5H2,1-3H3,(H,10,11). The molecule has 0 fully saturated rings. The molecule has 1 N–H and O–H groups in total. The van der Waals surface area contributed by atoms with Crippen LogP contribution in [0.25, 0.3) is 0 Å². The maximum absolute atomic E-state index is 11.1. The van der Waals surface area contributed by atoms with Gasteiger partial charge in [0.15, 0.2) is 5.92 Å². The molecule has 0 saturated carbocycles. The van der Waals surface area contributed by atoms with E-state index in [-0.39, 0.29) is 18.9 Å². The van der Waals surface area contributed by atoms with Crippen molar-refractivity contribution in [1.29, 1.82) is 0 Å². The lowest BCUT2D eigenvalue weighted by Gasteiger charge is -2.11. The SMILES string of the molecule is CCC(C(=O)O)C(=O)OCC(C)C. The van der Waals surface area contributed by atoms with Crippen molar-refractivity contribution in [3.63, 3.8) is 0 Å². The van der Waals surface area contributed by atoms with Gasteiger partial charge >= 0.3 is 11.9 Å².